The van der Waals surface area contributed by atoms with Crippen LogP contribution in [0.4, 0.5) is 13.2 Å². The summed E-state index contributed by atoms with van der Waals surface area (Å²) in [5, 5.41) is 0. The van der Waals surface area contributed by atoms with Crippen LogP contribution in [0.5, 0.6) is 0 Å². The minimum atomic E-state index is -4.13. The number of rotatable bonds is 6. The summed E-state index contributed by atoms with van der Waals surface area (Å²) in [4.78, 5) is 1.86. The van der Waals surface area contributed by atoms with Crippen LogP contribution in [0, 0.1) is 5.41 Å². The summed E-state index contributed by atoms with van der Waals surface area (Å²) >= 11 is 4.91. The third-order valence-corrected chi connectivity index (χ3v) is 3.69. The smallest absolute Gasteiger partial charge is 0.393 e. The molecule has 1 aliphatic carbocycles. The molecule has 0 aromatic carbocycles. The zero-order chi connectivity index (χ0) is 13.3. The zero-order valence-corrected chi connectivity index (χ0v) is 11.0. The predicted molar refractivity (Wildman–Crippen MR) is 65.8 cm³/mol. The molecule has 0 bridgehead atoms. The molecular weight excluding hydrogens is 249 g/mol. The fraction of sp³-hybridized carbons (Fsp3) is 0.909. The minimum absolute atomic E-state index is 0.0961. The van der Waals surface area contributed by atoms with Crippen molar-refractivity contribution < 1.29 is 13.2 Å². The van der Waals surface area contributed by atoms with Gasteiger partial charge < -0.3 is 5.73 Å². The first-order valence-electron chi connectivity index (χ1n) is 5.72. The lowest BCUT2D eigenvalue weighted by molar-refractivity contribution is -0.147. The summed E-state index contributed by atoms with van der Waals surface area (Å²) in [7, 11) is 0. The number of halogens is 3. The highest BCUT2D eigenvalue weighted by atomic mass is 32.1. The molecule has 1 rings (SSSR count). The Kier molecular flexibility index (Phi) is 4.41. The number of nitrogens with two attached hydrogens (primary N) is 1. The monoisotopic (exact) mass is 268 g/mol. The van der Waals surface area contributed by atoms with Crippen LogP contribution in [0.15, 0.2) is 0 Å². The van der Waals surface area contributed by atoms with Gasteiger partial charge in [-0.25, -0.2) is 0 Å². The highest BCUT2D eigenvalue weighted by molar-refractivity contribution is 7.80. The quantitative estimate of drug-likeness (QED) is 0.751. The van der Waals surface area contributed by atoms with E-state index in [1.165, 1.54) is 4.90 Å². The predicted octanol–water partition coefficient (Wildman–Crippen LogP) is 2.72. The van der Waals surface area contributed by atoms with Crippen molar-refractivity contribution in [1.29, 1.82) is 0 Å². The van der Waals surface area contributed by atoms with Crippen molar-refractivity contribution in [3.63, 3.8) is 0 Å². The van der Waals surface area contributed by atoms with Crippen molar-refractivity contribution in [2.24, 2.45) is 11.1 Å². The standard InChI is InChI=1S/C11H19F3N2S/c1-10(2,9(15)17)5-6-16(8-3-4-8)7-11(12,13)14/h8H,3-7H2,1-2H3,(H2,15,17). The van der Waals surface area contributed by atoms with E-state index in [1.54, 1.807) is 0 Å². The second kappa shape index (κ2) is 5.10. The van der Waals surface area contributed by atoms with Crippen molar-refractivity contribution in [3.05, 3.63) is 0 Å². The van der Waals surface area contributed by atoms with Crippen LogP contribution in [0.25, 0.3) is 0 Å². The van der Waals surface area contributed by atoms with E-state index >= 15 is 0 Å². The summed E-state index contributed by atoms with van der Waals surface area (Å²) in [5.41, 5.74) is 5.19. The maximum Gasteiger partial charge on any atom is 0.401 e. The lowest BCUT2D eigenvalue weighted by Crippen LogP contribution is -2.40. The van der Waals surface area contributed by atoms with Crippen LogP contribution >= 0.6 is 12.2 Å². The Hall–Kier alpha value is -0.360. The SMILES string of the molecule is CC(C)(CCN(CC(F)(F)F)C1CC1)C(N)=S. The van der Waals surface area contributed by atoms with Gasteiger partial charge in [-0.05, 0) is 25.8 Å². The van der Waals surface area contributed by atoms with E-state index in [9.17, 15) is 13.2 Å². The lowest BCUT2D eigenvalue weighted by atomic mass is 9.89. The van der Waals surface area contributed by atoms with Crippen LogP contribution in [-0.2, 0) is 0 Å². The Morgan fingerprint density at radius 2 is 1.88 bits per heavy atom. The van der Waals surface area contributed by atoms with Crippen LogP contribution in [0.3, 0.4) is 0 Å². The Morgan fingerprint density at radius 3 is 2.24 bits per heavy atom. The largest absolute Gasteiger partial charge is 0.401 e. The first kappa shape index (κ1) is 14.7. The van der Waals surface area contributed by atoms with Gasteiger partial charge in [0.15, 0.2) is 0 Å². The van der Waals surface area contributed by atoms with E-state index in [0.29, 0.717) is 18.0 Å². The Balaban J connectivity index is 2.48. The van der Waals surface area contributed by atoms with Crippen LogP contribution in [0.2, 0.25) is 0 Å². The second-order valence-electron chi connectivity index (χ2n) is 5.31. The van der Waals surface area contributed by atoms with Crippen molar-refractivity contribution >= 4 is 17.2 Å². The molecule has 17 heavy (non-hydrogen) atoms. The molecule has 0 aliphatic heterocycles. The molecule has 1 fully saturated rings. The third-order valence-electron chi connectivity index (χ3n) is 3.14. The number of hydrogen-bond donors (Lipinski definition) is 1. The molecule has 0 heterocycles. The molecule has 1 saturated carbocycles. The summed E-state index contributed by atoms with van der Waals surface area (Å²) in [5.74, 6) is 0. The highest BCUT2D eigenvalue weighted by Crippen LogP contribution is 2.32. The Labute approximate surface area is 105 Å². The van der Waals surface area contributed by atoms with Gasteiger partial charge in [-0.2, -0.15) is 13.2 Å². The van der Waals surface area contributed by atoms with Crippen LogP contribution in [0.1, 0.15) is 33.1 Å². The van der Waals surface area contributed by atoms with E-state index in [0.717, 1.165) is 12.8 Å². The molecule has 0 atom stereocenters. The van der Waals surface area contributed by atoms with Crippen LogP contribution in [-0.4, -0.2) is 35.2 Å². The van der Waals surface area contributed by atoms with Gasteiger partial charge >= 0.3 is 6.18 Å². The third kappa shape index (κ3) is 5.21. The topological polar surface area (TPSA) is 29.3 Å². The highest BCUT2D eigenvalue weighted by Gasteiger charge is 2.38. The normalized spacial score (nSPS) is 17.5. The van der Waals surface area contributed by atoms with Gasteiger partial charge in [0.1, 0.15) is 0 Å². The molecule has 2 N–H and O–H groups in total. The fourth-order valence-corrected chi connectivity index (χ4v) is 1.71. The maximum atomic E-state index is 12.4. The molecular formula is C11H19F3N2S. The fourth-order valence-electron chi connectivity index (χ4n) is 1.61. The molecule has 0 aromatic heterocycles. The number of thiocarbonyl (C=S) groups is 1. The van der Waals surface area contributed by atoms with E-state index in [1.807, 2.05) is 13.8 Å². The van der Waals surface area contributed by atoms with Gasteiger partial charge in [-0.15, -0.1) is 0 Å². The van der Waals surface area contributed by atoms with Gasteiger partial charge in [-0.3, -0.25) is 4.90 Å². The number of nitrogens with zero attached hydrogens (tertiary/aromatic N) is 1. The molecule has 6 heteroatoms. The number of alkyl halides is 3. The van der Waals surface area contributed by atoms with Gasteiger partial charge in [-0.1, -0.05) is 26.1 Å². The molecule has 1 aliphatic rings. The second-order valence-corrected chi connectivity index (χ2v) is 5.75. The van der Waals surface area contributed by atoms with Gasteiger partial charge in [0.05, 0.1) is 11.5 Å². The number of hydrogen-bond acceptors (Lipinski definition) is 2. The Morgan fingerprint density at radius 1 is 1.35 bits per heavy atom. The van der Waals surface area contributed by atoms with E-state index < -0.39 is 12.7 Å². The Bertz CT molecular complexity index is 285. The molecule has 0 radical (unpaired) electrons. The minimum Gasteiger partial charge on any atom is -0.393 e. The summed E-state index contributed by atoms with van der Waals surface area (Å²) < 4.78 is 37.1. The van der Waals surface area contributed by atoms with E-state index in [4.69, 9.17) is 18.0 Å². The molecule has 0 saturated heterocycles. The summed E-state index contributed by atoms with van der Waals surface area (Å²) in [6, 6.07) is 0.0961. The molecule has 0 unspecified atom stereocenters. The van der Waals surface area contributed by atoms with E-state index in [-0.39, 0.29) is 11.5 Å². The van der Waals surface area contributed by atoms with Crippen molar-refractivity contribution in [3.8, 4) is 0 Å². The lowest BCUT2D eigenvalue weighted by Gasteiger charge is -2.29. The zero-order valence-electron chi connectivity index (χ0n) is 10.2. The maximum absolute atomic E-state index is 12.4. The van der Waals surface area contributed by atoms with Gasteiger partial charge in [0.2, 0.25) is 0 Å². The first-order chi connectivity index (χ1) is 7.62. The first-order valence-corrected chi connectivity index (χ1v) is 6.13. The molecule has 0 spiro atoms. The molecule has 100 valence electrons. The van der Waals surface area contributed by atoms with Crippen molar-refractivity contribution in [2.45, 2.75) is 45.3 Å². The summed E-state index contributed by atoms with van der Waals surface area (Å²) in [6.07, 6.45) is -1.84. The van der Waals surface area contributed by atoms with Gasteiger partial charge in [0, 0.05) is 11.5 Å². The van der Waals surface area contributed by atoms with Crippen molar-refractivity contribution in [1.82, 2.24) is 4.90 Å². The molecule has 0 amide bonds. The average Bonchev–Trinajstić information content (AvgIpc) is 2.93. The van der Waals surface area contributed by atoms with E-state index in [2.05, 4.69) is 0 Å². The van der Waals surface area contributed by atoms with Gasteiger partial charge in [0.25, 0.3) is 0 Å². The van der Waals surface area contributed by atoms with Crippen LogP contribution < -0.4 is 5.73 Å². The molecule has 0 aromatic rings. The molecule has 2 nitrogen and oxygen atoms in total. The summed E-state index contributed by atoms with van der Waals surface area (Å²) in [6.45, 7) is 3.31. The van der Waals surface area contributed by atoms with Crippen molar-refractivity contribution in [2.75, 3.05) is 13.1 Å². The average molecular weight is 268 g/mol.